The largest absolute Gasteiger partial charge is 0.467 e. The maximum atomic E-state index is 12.0. The van der Waals surface area contributed by atoms with Crippen molar-refractivity contribution >= 4 is 11.9 Å². The zero-order chi connectivity index (χ0) is 15.1. The van der Waals surface area contributed by atoms with E-state index in [9.17, 15) is 9.59 Å². The van der Waals surface area contributed by atoms with E-state index in [2.05, 4.69) is 15.5 Å². The SMILES string of the molecule is COC(=O)[C@H](CCN1CCNCC1)NC(=O)c1ccco1. The molecule has 2 rings (SSSR count). The van der Waals surface area contributed by atoms with Crippen molar-refractivity contribution in [3.63, 3.8) is 0 Å². The van der Waals surface area contributed by atoms with Crippen molar-refractivity contribution in [2.45, 2.75) is 12.5 Å². The zero-order valence-electron chi connectivity index (χ0n) is 12.1. The predicted octanol–water partition coefficient (Wildman–Crippen LogP) is -0.154. The van der Waals surface area contributed by atoms with Crippen LogP contribution >= 0.6 is 0 Å². The Bertz CT molecular complexity index is 455. The predicted molar refractivity (Wildman–Crippen MR) is 75.9 cm³/mol. The Morgan fingerprint density at radius 1 is 1.48 bits per heavy atom. The van der Waals surface area contributed by atoms with Gasteiger partial charge in [0.2, 0.25) is 0 Å². The number of nitrogens with one attached hydrogen (secondary N) is 2. The molecule has 0 aromatic carbocycles. The summed E-state index contributed by atoms with van der Waals surface area (Å²) in [6.07, 6.45) is 1.93. The second-order valence-electron chi connectivity index (χ2n) is 4.91. The Labute approximate surface area is 123 Å². The van der Waals surface area contributed by atoms with Crippen LogP contribution in [0.25, 0.3) is 0 Å². The first-order valence-corrected chi connectivity index (χ1v) is 7.06. The quantitative estimate of drug-likeness (QED) is 0.710. The molecule has 0 spiro atoms. The molecule has 1 fully saturated rings. The van der Waals surface area contributed by atoms with E-state index in [0.29, 0.717) is 6.42 Å². The molecule has 7 nitrogen and oxygen atoms in total. The van der Waals surface area contributed by atoms with Gasteiger partial charge in [0, 0.05) is 32.7 Å². The average Bonchev–Trinajstić information content (AvgIpc) is 3.06. The van der Waals surface area contributed by atoms with Crippen LogP contribution in [0.5, 0.6) is 0 Å². The monoisotopic (exact) mass is 295 g/mol. The first-order chi connectivity index (χ1) is 10.2. The molecule has 2 heterocycles. The minimum Gasteiger partial charge on any atom is -0.467 e. The third-order valence-corrected chi connectivity index (χ3v) is 3.48. The smallest absolute Gasteiger partial charge is 0.328 e. The number of ether oxygens (including phenoxy) is 1. The van der Waals surface area contributed by atoms with Crippen LogP contribution in [0.2, 0.25) is 0 Å². The molecule has 116 valence electrons. The molecule has 1 saturated heterocycles. The summed E-state index contributed by atoms with van der Waals surface area (Å²) in [4.78, 5) is 26.0. The van der Waals surface area contributed by atoms with Gasteiger partial charge in [0.1, 0.15) is 6.04 Å². The number of hydrogen-bond donors (Lipinski definition) is 2. The molecule has 0 radical (unpaired) electrons. The van der Waals surface area contributed by atoms with Crippen molar-refractivity contribution < 1.29 is 18.7 Å². The number of methoxy groups -OCH3 is 1. The van der Waals surface area contributed by atoms with E-state index in [1.165, 1.54) is 13.4 Å². The molecule has 21 heavy (non-hydrogen) atoms. The molecule has 1 amide bonds. The summed E-state index contributed by atoms with van der Waals surface area (Å²) in [5.74, 6) is -0.660. The van der Waals surface area contributed by atoms with Crippen LogP contribution in [0, 0.1) is 0 Å². The normalized spacial score (nSPS) is 17.2. The first-order valence-electron chi connectivity index (χ1n) is 7.06. The van der Waals surface area contributed by atoms with Gasteiger partial charge in [0.15, 0.2) is 5.76 Å². The second-order valence-corrected chi connectivity index (χ2v) is 4.91. The van der Waals surface area contributed by atoms with Gasteiger partial charge < -0.3 is 24.7 Å². The molecular weight excluding hydrogens is 274 g/mol. The van der Waals surface area contributed by atoms with Crippen molar-refractivity contribution in [2.75, 3.05) is 39.8 Å². The standard InChI is InChI=1S/C14H21N3O4/c1-20-14(19)11(4-7-17-8-5-15-6-9-17)16-13(18)12-3-2-10-21-12/h2-3,10-11,15H,4-9H2,1H3,(H,16,18)/t11-/m0/s1. The molecule has 0 unspecified atom stereocenters. The van der Waals surface area contributed by atoms with Gasteiger partial charge >= 0.3 is 5.97 Å². The fourth-order valence-corrected chi connectivity index (χ4v) is 2.27. The molecule has 0 bridgehead atoms. The van der Waals surface area contributed by atoms with Gasteiger partial charge in [-0.25, -0.2) is 4.79 Å². The number of hydrogen-bond acceptors (Lipinski definition) is 6. The zero-order valence-corrected chi connectivity index (χ0v) is 12.1. The van der Waals surface area contributed by atoms with Gasteiger partial charge in [-0.2, -0.15) is 0 Å². The van der Waals surface area contributed by atoms with E-state index in [1.807, 2.05) is 0 Å². The van der Waals surface area contributed by atoms with E-state index < -0.39 is 17.9 Å². The highest BCUT2D eigenvalue weighted by atomic mass is 16.5. The Kier molecular flexibility index (Phi) is 5.77. The van der Waals surface area contributed by atoms with Gasteiger partial charge in [0.25, 0.3) is 5.91 Å². The van der Waals surface area contributed by atoms with Crippen LogP contribution in [0.4, 0.5) is 0 Å². The van der Waals surface area contributed by atoms with Crippen LogP contribution in [0.15, 0.2) is 22.8 Å². The molecule has 1 aromatic heterocycles. The van der Waals surface area contributed by atoms with Crippen molar-refractivity contribution in [3.8, 4) is 0 Å². The minimum absolute atomic E-state index is 0.186. The molecule has 1 aliphatic rings. The summed E-state index contributed by atoms with van der Waals surface area (Å²) in [6.45, 7) is 4.52. The van der Waals surface area contributed by atoms with E-state index in [0.717, 1.165) is 32.7 Å². The summed E-state index contributed by atoms with van der Waals surface area (Å²) in [6, 6.07) is 2.52. The lowest BCUT2D eigenvalue weighted by Gasteiger charge is -2.28. The number of furan rings is 1. The van der Waals surface area contributed by atoms with Crippen molar-refractivity contribution in [3.05, 3.63) is 24.2 Å². The third kappa shape index (κ3) is 4.57. The molecule has 0 saturated carbocycles. The number of esters is 1. The van der Waals surface area contributed by atoms with Gasteiger partial charge in [-0.3, -0.25) is 4.79 Å². The van der Waals surface area contributed by atoms with Gasteiger partial charge in [-0.15, -0.1) is 0 Å². The highest BCUT2D eigenvalue weighted by Gasteiger charge is 2.24. The maximum Gasteiger partial charge on any atom is 0.328 e. The molecule has 1 aromatic rings. The number of carbonyl (C=O) groups is 2. The fraction of sp³-hybridized carbons (Fsp3) is 0.571. The Morgan fingerprint density at radius 2 is 2.24 bits per heavy atom. The van der Waals surface area contributed by atoms with Crippen LogP contribution in [-0.4, -0.2) is 62.7 Å². The Hall–Kier alpha value is -1.86. The van der Waals surface area contributed by atoms with Crippen LogP contribution in [-0.2, 0) is 9.53 Å². The number of piperazine rings is 1. The van der Waals surface area contributed by atoms with Gasteiger partial charge in [0.05, 0.1) is 13.4 Å². The van der Waals surface area contributed by atoms with Crippen LogP contribution in [0.1, 0.15) is 17.0 Å². The van der Waals surface area contributed by atoms with E-state index in [4.69, 9.17) is 9.15 Å². The lowest BCUT2D eigenvalue weighted by molar-refractivity contribution is -0.143. The van der Waals surface area contributed by atoms with E-state index in [-0.39, 0.29) is 5.76 Å². The molecule has 1 aliphatic heterocycles. The number of amides is 1. The highest BCUT2D eigenvalue weighted by molar-refractivity contribution is 5.94. The topological polar surface area (TPSA) is 83.8 Å². The lowest BCUT2D eigenvalue weighted by atomic mass is 10.2. The summed E-state index contributed by atoms with van der Waals surface area (Å²) in [5.41, 5.74) is 0. The maximum absolute atomic E-state index is 12.0. The molecule has 7 heteroatoms. The lowest BCUT2D eigenvalue weighted by Crippen LogP contribution is -2.47. The van der Waals surface area contributed by atoms with Crippen molar-refractivity contribution in [1.29, 1.82) is 0 Å². The van der Waals surface area contributed by atoms with E-state index >= 15 is 0 Å². The van der Waals surface area contributed by atoms with Gasteiger partial charge in [-0.05, 0) is 18.6 Å². The summed E-state index contributed by atoms with van der Waals surface area (Å²) in [5, 5.41) is 5.93. The third-order valence-electron chi connectivity index (χ3n) is 3.48. The number of nitrogens with zero attached hydrogens (tertiary/aromatic N) is 1. The average molecular weight is 295 g/mol. The van der Waals surface area contributed by atoms with E-state index in [1.54, 1.807) is 12.1 Å². The molecule has 2 N–H and O–H groups in total. The first kappa shape index (κ1) is 15.5. The van der Waals surface area contributed by atoms with Crippen molar-refractivity contribution in [2.24, 2.45) is 0 Å². The van der Waals surface area contributed by atoms with Crippen molar-refractivity contribution in [1.82, 2.24) is 15.5 Å². The summed E-state index contributed by atoms with van der Waals surface area (Å²) in [7, 11) is 1.32. The molecule has 0 aliphatic carbocycles. The second kappa shape index (κ2) is 7.80. The van der Waals surface area contributed by atoms with Gasteiger partial charge in [-0.1, -0.05) is 0 Å². The Morgan fingerprint density at radius 3 is 2.86 bits per heavy atom. The Balaban J connectivity index is 1.88. The summed E-state index contributed by atoms with van der Waals surface area (Å²) >= 11 is 0. The van der Waals surface area contributed by atoms with Crippen LogP contribution in [0.3, 0.4) is 0 Å². The highest BCUT2D eigenvalue weighted by Crippen LogP contribution is 2.04. The number of carbonyl (C=O) groups excluding carboxylic acids is 2. The fourth-order valence-electron chi connectivity index (χ4n) is 2.27. The van der Waals surface area contributed by atoms with Crippen LogP contribution < -0.4 is 10.6 Å². The number of rotatable bonds is 6. The minimum atomic E-state index is -0.664. The molecular formula is C14H21N3O4. The molecule has 1 atom stereocenters. The summed E-state index contributed by atoms with van der Waals surface area (Å²) < 4.78 is 9.78.